The maximum Gasteiger partial charge on any atom is 0.230 e. The van der Waals surface area contributed by atoms with Crippen molar-refractivity contribution >= 4 is 17.7 Å². The second-order valence-electron chi connectivity index (χ2n) is 4.59. The molecule has 86 valence electrons. The van der Waals surface area contributed by atoms with Crippen LogP contribution in [0.2, 0.25) is 0 Å². The largest absolute Gasteiger partial charge is 0.353 e. The monoisotopic (exact) mass is 228 g/mol. The van der Waals surface area contributed by atoms with E-state index >= 15 is 0 Å². The van der Waals surface area contributed by atoms with Crippen molar-refractivity contribution in [3.8, 4) is 0 Å². The Kier molecular flexibility index (Phi) is 4.32. The van der Waals surface area contributed by atoms with Crippen LogP contribution in [0.5, 0.6) is 0 Å². The van der Waals surface area contributed by atoms with Crippen LogP contribution < -0.4 is 10.6 Å². The van der Waals surface area contributed by atoms with Crippen molar-refractivity contribution in [2.75, 3.05) is 24.6 Å². The highest BCUT2D eigenvalue weighted by Crippen LogP contribution is 2.18. The Morgan fingerprint density at radius 2 is 2.07 bits per heavy atom. The normalized spacial score (nSPS) is 22.7. The van der Waals surface area contributed by atoms with Gasteiger partial charge in [-0.3, -0.25) is 4.79 Å². The molecule has 2 rings (SSSR count). The number of carbonyl (C=O) groups excluding carboxylic acids is 1. The van der Waals surface area contributed by atoms with Gasteiger partial charge in [0, 0.05) is 6.04 Å². The molecule has 0 aromatic carbocycles. The van der Waals surface area contributed by atoms with Gasteiger partial charge in [0.2, 0.25) is 5.91 Å². The van der Waals surface area contributed by atoms with Crippen LogP contribution in [-0.2, 0) is 4.79 Å². The van der Waals surface area contributed by atoms with E-state index < -0.39 is 0 Å². The third-order valence-corrected chi connectivity index (χ3v) is 4.35. The first-order valence-corrected chi connectivity index (χ1v) is 7.08. The van der Waals surface area contributed by atoms with Crippen LogP contribution in [0.15, 0.2) is 0 Å². The zero-order chi connectivity index (χ0) is 10.5. The summed E-state index contributed by atoms with van der Waals surface area (Å²) in [6.45, 7) is 2.27. The van der Waals surface area contributed by atoms with Crippen molar-refractivity contribution in [2.24, 2.45) is 5.92 Å². The number of hydrogen-bond donors (Lipinski definition) is 2. The highest BCUT2D eigenvalue weighted by atomic mass is 32.2. The van der Waals surface area contributed by atoms with Gasteiger partial charge >= 0.3 is 0 Å². The van der Waals surface area contributed by atoms with Gasteiger partial charge in [-0.1, -0.05) is 12.8 Å². The predicted molar refractivity (Wildman–Crippen MR) is 64.1 cm³/mol. The third-order valence-electron chi connectivity index (χ3n) is 3.17. The van der Waals surface area contributed by atoms with E-state index in [4.69, 9.17) is 0 Å². The minimum atomic E-state index is 0.235. The van der Waals surface area contributed by atoms with Gasteiger partial charge in [0.05, 0.1) is 5.75 Å². The van der Waals surface area contributed by atoms with Crippen LogP contribution in [0.1, 0.15) is 25.7 Å². The summed E-state index contributed by atoms with van der Waals surface area (Å²) in [6.07, 6.45) is 4.93. The molecule has 1 aliphatic carbocycles. The molecule has 2 aliphatic rings. The Hall–Kier alpha value is -0.220. The van der Waals surface area contributed by atoms with Crippen molar-refractivity contribution in [3.63, 3.8) is 0 Å². The van der Waals surface area contributed by atoms with E-state index in [1.54, 1.807) is 11.8 Å². The first-order valence-electron chi connectivity index (χ1n) is 5.92. The van der Waals surface area contributed by atoms with Crippen molar-refractivity contribution in [2.45, 2.75) is 31.7 Å². The summed E-state index contributed by atoms with van der Waals surface area (Å²) in [5.74, 6) is 2.81. The van der Waals surface area contributed by atoms with E-state index in [2.05, 4.69) is 10.6 Å². The molecule has 1 saturated carbocycles. The van der Waals surface area contributed by atoms with Gasteiger partial charge in [0.15, 0.2) is 0 Å². The molecule has 0 radical (unpaired) electrons. The number of thioether (sulfide) groups is 1. The number of carbonyl (C=O) groups is 1. The summed E-state index contributed by atoms with van der Waals surface area (Å²) in [4.78, 5) is 11.5. The number of rotatable bonds is 5. The Bertz CT molecular complexity index is 213. The van der Waals surface area contributed by atoms with Crippen LogP contribution in [-0.4, -0.2) is 36.5 Å². The summed E-state index contributed by atoms with van der Waals surface area (Å²) >= 11 is 1.78. The zero-order valence-electron chi connectivity index (χ0n) is 9.13. The first-order chi connectivity index (χ1) is 7.34. The average Bonchev–Trinajstić information content (AvgIpc) is 2.62. The molecular weight excluding hydrogens is 208 g/mol. The summed E-state index contributed by atoms with van der Waals surface area (Å²) in [6, 6.07) is 0.475. The lowest BCUT2D eigenvalue weighted by atomic mass is 10.1. The van der Waals surface area contributed by atoms with Gasteiger partial charge in [0.1, 0.15) is 0 Å². The molecule has 1 heterocycles. The topological polar surface area (TPSA) is 41.1 Å². The maximum atomic E-state index is 11.5. The summed E-state index contributed by atoms with van der Waals surface area (Å²) < 4.78 is 0. The molecule has 0 bridgehead atoms. The highest BCUT2D eigenvalue weighted by Gasteiger charge is 2.19. The molecule has 0 spiro atoms. The van der Waals surface area contributed by atoms with Crippen LogP contribution in [0.3, 0.4) is 0 Å². The lowest BCUT2D eigenvalue weighted by Crippen LogP contribution is -2.43. The lowest BCUT2D eigenvalue weighted by molar-refractivity contribution is -0.119. The molecule has 0 atom stereocenters. The molecule has 1 amide bonds. The first kappa shape index (κ1) is 11.3. The fourth-order valence-corrected chi connectivity index (χ4v) is 3.08. The fraction of sp³-hybridized carbons (Fsp3) is 0.909. The molecule has 0 aromatic rings. The van der Waals surface area contributed by atoms with Crippen LogP contribution in [0.25, 0.3) is 0 Å². The van der Waals surface area contributed by atoms with Gasteiger partial charge in [-0.25, -0.2) is 0 Å². The van der Waals surface area contributed by atoms with Crippen LogP contribution in [0.4, 0.5) is 0 Å². The van der Waals surface area contributed by atoms with Crippen molar-refractivity contribution in [1.82, 2.24) is 10.6 Å². The second-order valence-corrected chi connectivity index (χ2v) is 5.62. The molecule has 1 saturated heterocycles. The standard InChI is InChI=1S/C11H20N2OS/c14-11(13-10-3-1-2-4-10)8-15-7-9-5-12-6-9/h9-10,12H,1-8H2,(H,13,14). The van der Waals surface area contributed by atoms with E-state index in [9.17, 15) is 4.79 Å². The minimum Gasteiger partial charge on any atom is -0.353 e. The van der Waals surface area contributed by atoms with Gasteiger partial charge in [-0.2, -0.15) is 11.8 Å². The fourth-order valence-electron chi connectivity index (χ4n) is 2.12. The zero-order valence-corrected chi connectivity index (χ0v) is 9.94. The molecule has 0 unspecified atom stereocenters. The Balaban J connectivity index is 1.51. The van der Waals surface area contributed by atoms with Gasteiger partial charge in [-0.05, 0) is 37.6 Å². The molecular formula is C11H20N2OS. The van der Waals surface area contributed by atoms with E-state index in [1.807, 2.05) is 0 Å². The number of amides is 1. The molecule has 15 heavy (non-hydrogen) atoms. The van der Waals surface area contributed by atoms with Crippen molar-refractivity contribution in [3.05, 3.63) is 0 Å². The van der Waals surface area contributed by atoms with Crippen molar-refractivity contribution in [1.29, 1.82) is 0 Å². The average molecular weight is 228 g/mol. The van der Waals surface area contributed by atoms with Gasteiger partial charge < -0.3 is 10.6 Å². The van der Waals surface area contributed by atoms with Crippen LogP contribution in [0, 0.1) is 5.92 Å². The van der Waals surface area contributed by atoms with E-state index in [-0.39, 0.29) is 5.91 Å². The van der Waals surface area contributed by atoms with Gasteiger partial charge in [-0.15, -0.1) is 0 Å². The van der Waals surface area contributed by atoms with E-state index in [0.717, 1.165) is 24.8 Å². The predicted octanol–water partition coefficient (Wildman–Crippen LogP) is 0.998. The molecule has 2 fully saturated rings. The SMILES string of the molecule is O=C(CSCC1CNC1)NC1CCCC1. The maximum absolute atomic E-state index is 11.5. The highest BCUT2D eigenvalue weighted by molar-refractivity contribution is 7.99. The Morgan fingerprint density at radius 1 is 1.33 bits per heavy atom. The van der Waals surface area contributed by atoms with E-state index in [0.29, 0.717) is 11.8 Å². The number of nitrogens with one attached hydrogen (secondary N) is 2. The minimum absolute atomic E-state index is 0.235. The Labute approximate surface area is 95.8 Å². The van der Waals surface area contributed by atoms with Crippen molar-refractivity contribution < 1.29 is 4.79 Å². The quantitative estimate of drug-likeness (QED) is 0.737. The van der Waals surface area contributed by atoms with Crippen LogP contribution >= 0.6 is 11.8 Å². The van der Waals surface area contributed by atoms with E-state index in [1.165, 1.54) is 25.7 Å². The van der Waals surface area contributed by atoms with Gasteiger partial charge in [0.25, 0.3) is 0 Å². The molecule has 4 heteroatoms. The summed E-state index contributed by atoms with van der Waals surface area (Å²) in [5, 5.41) is 6.36. The second kappa shape index (κ2) is 5.75. The summed E-state index contributed by atoms with van der Waals surface area (Å²) in [7, 11) is 0. The molecule has 0 aromatic heterocycles. The molecule has 3 nitrogen and oxygen atoms in total. The smallest absolute Gasteiger partial charge is 0.230 e. The molecule has 1 aliphatic heterocycles. The third kappa shape index (κ3) is 3.68. The molecule has 2 N–H and O–H groups in total. The summed E-state index contributed by atoms with van der Waals surface area (Å²) in [5.41, 5.74) is 0. The number of hydrogen-bond acceptors (Lipinski definition) is 3. The lowest BCUT2D eigenvalue weighted by Gasteiger charge is -2.26. The Morgan fingerprint density at radius 3 is 2.67 bits per heavy atom.